The van der Waals surface area contributed by atoms with Crippen molar-refractivity contribution in [3.8, 4) is 6.07 Å². The Morgan fingerprint density at radius 1 is 1.47 bits per heavy atom. The van der Waals surface area contributed by atoms with Crippen LogP contribution in [0.25, 0.3) is 0 Å². The summed E-state index contributed by atoms with van der Waals surface area (Å²) in [5.74, 6) is -0.904. The van der Waals surface area contributed by atoms with Gasteiger partial charge in [-0.25, -0.2) is 4.79 Å². The molecule has 0 aromatic heterocycles. The van der Waals surface area contributed by atoms with Gasteiger partial charge in [0.1, 0.15) is 6.61 Å². The van der Waals surface area contributed by atoms with Gasteiger partial charge in [-0.2, -0.15) is 5.26 Å². The summed E-state index contributed by atoms with van der Waals surface area (Å²) in [6.45, 7) is 0.187. The van der Waals surface area contributed by atoms with Crippen molar-refractivity contribution < 1.29 is 19.4 Å². The summed E-state index contributed by atoms with van der Waals surface area (Å²) in [6.07, 6.45) is -0.171. The molecule has 0 aliphatic carbocycles. The molecule has 1 fully saturated rings. The van der Waals surface area contributed by atoms with E-state index in [1.165, 1.54) is 4.90 Å². The standard InChI is InChI=1S/C13H12N2O4/c14-7-9-1-3-10(4-2-9)15-11(5-6-12(16)17)8-19-13(15)18/h1-4,11H,5-6,8H2,(H,16,17). The van der Waals surface area contributed by atoms with Crippen molar-refractivity contribution in [2.75, 3.05) is 11.5 Å². The van der Waals surface area contributed by atoms with E-state index in [1.54, 1.807) is 24.3 Å². The molecule has 6 heteroatoms. The van der Waals surface area contributed by atoms with E-state index in [-0.39, 0.29) is 19.1 Å². The van der Waals surface area contributed by atoms with Gasteiger partial charge in [-0.3, -0.25) is 9.69 Å². The molecule has 0 spiro atoms. The number of rotatable bonds is 4. The number of hydrogen-bond donors (Lipinski definition) is 1. The van der Waals surface area contributed by atoms with E-state index in [1.807, 2.05) is 6.07 Å². The number of hydrogen-bond acceptors (Lipinski definition) is 4. The van der Waals surface area contributed by atoms with E-state index in [9.17, 15) is 9.59 Å². The van der Waals surface area contributed by atoms with Crippen LogP contribution in [0.5, 0.6) is 0 Å². The summed E-state index contributed by atoms with van der Waals surface area (Å²) in [5, 5.41) is 17.4. The van der Waals surface area contributed by atoms with E-state index in [0.717, 1.165) is 0 Å². The van der Waals surface area contributed by atoms with Crippen molar-refractivity contribution in [2.24, 2.45) is 0 Å². The van der Waals surface area contributed by atoms with Gasteiger partial charge in [0.25, 0.3) is 0 Å². The fourth-order valence-electron chi connectivity index (χ4n) is 1.98. The van der Waals surface area contributed by atoms with E-state index < -0.39 is 12.1 Å². The van der Waals surface area contributed by atoms with Gasteiger partial charge in [-0.15, -0.1) is 0 Å². The molecular weight excluding hydrogens is 248 g/mol. The monoisotopic (exact) mass is 260 g/mol. The number of anilines is 1. The molecule has 2 rings (SSSR count). The maximum absolute atomic E-state index is 11.7. The van der Waals surface area contributed by atoms with Crippen LogP contribution in [0.15, 0.2) is 24.3 Å². The maximum Gasteiger partial charge on any atom is 0.414 e. The minimum atomic E-state index is -0.904. The maximum atomic E-state index is 11.7. The van der Waals surface area contributed by atoms with Crippen LogP contribution < -0.4 is 4.90 Å². The highest BCUT2D eigenvalue weighted by Crippen LogP contribution is 2.25. The van der Waals surface area contributed by atoms with E-state index in [0.29, 0.717) is 17.7 Å². The molecule has 1 saturated heterocycles. The van der Waals surface area contributed by atoms with E-state index >= 15 is 0 Å². The van der Waals surface area contributed by atoms with Gasteiger partial charge in [0, 0.05) is 12.1 Å². The molecule has 1 unspecified atom stereocenters. The predicted octanol–water partition coefficient (Wildman–Crippen LogP) is 1.75. The fraction of sp³-hybridized carbons (Fsp3) is 0.308. The van der Waals surface area contributed by atoms with Gasteiger partial charge in [-0.1, -0.05) is 0 Å². The number of cyclic esters (lactones) is 1. The van der Waals surface area contributed by atoms with Crippen LogP contribution in [0.2, 0.25) is 0 Å². The number of ether oxygens (including phenoxy) is 1. The van der Waals surface area contributed by atoms with Gasteiger partial charge in [0.15, 0.2) is 0 Å². The van der Waals surface area contributed by atoms with Crippen LogP contribution in [-0.4, -0.2) is 29.8 Å². The normalized spacial score (nSPS) is 17.9. The number of nitrogens with zero attached hydrogens (tertiary/aromatic N) is 2. The highest BCUT2D eigenvalue weighted by atomic mass is 16.6. The summed E-state index contributed by atoms with van der Waals surface area (Å²) in [7, 11) is 0. The first-order chi connectivity index (χ1) is 9.11. The third-order valence-electron chi connectivity index (χ3n) is 2.93. The molecule has 1 amide bonds. The lowest BCUT2D eigenvalue weighted by atomic mass is 10.1. The molecule has 1 aliphatic heterocycles. The average Bonchev–Trinajstić information content (AvgIpc) is 2.78. The lowest BCUT2D eigenvalue weighted by Crippen LogP contribution is -2.33. The molecule has 1 N–H and O–H groups in total. The third-order valence-corrected chi connectivity index (χ3v) is 2.93. The van der Waals surface area contributed by atoms with Crippen molar-refractivity contribution in [2.45, 2.75) is 18.9 Å². The van der Waals surface area contributed by atoms with Crippen molar-refractivity contribution in [1.29, 1.82) is 5.26 Å². The second-order valence-electron chi connectivity index (χ2n) is 4.19. The average molecular weight is 260 g/mol. The minimum Gasteiger partial charge on any atom is -0.481 e. The number of carbonyl (C=O) groups excluding carboxylic acids is 1. The van der Waals surface area contributed by atoms with Gasteiger partial charge < -0.3 is 9.84 Å². The molecule has 0 saturated carbocycles. The molecule has 1 aromatic carbocycles. The first kappa shape index (κ1) is 12.9. The van der Waals surface area contributed by atoms with Crippen molar-refractivity contribution in [3.63, 3.8) is 0 Å². The Labute approximate surface area is 109 Å². The number of nitriles is 1. The molecule has 19 heavy (non-hydrogen) atoms. The second-order valence-corrected chi connectivity index (χ2v) is 4.19. The summed E-state index contributed by atoms with van der Waals surface area (Å²) < 4.78 is 4.95. The van der Waals surface area contributed by atoms with Crippen molar-refractivity contribution in [1.82, 2.24) is 0 Å². The first-order valence-corrected chi connectivity index (χ1v) is 5.80. The Hall–Kier alpha value is -2.55. The predicted molar refractivity (Wildman–Crippen MR) is 65.6 cm³/mol. The Morgan fingerprint density at radius 3 is 2.74 bits per heavy atom. The zero-order chi connectivity index (χ0) is 13.8. The summed E-state index contributed by atoms with van der Waals surface area (Å²) in [6, 6.07) is 8.23. The number of benzene rings is 1. The highest BCUT2D eigenvalue weighted by molar-refractivity contribution is 5.90. The molecule has 0 bridgehead atoms. The lowest BCUT2D eigenvalue weighted by Gasteiger charge is -2.20. The SMILES string of the molecule is N#Cc1ccc(N2C(=O)OCC2CCC(=O)O)cc1. The molecule has 1 aromatic rings. The molecule has 1 heterocycles. The Balaban J connectivity index is 2.16. The largest absolute Gasteiger partial charge is 0.481 e. The topological polar surface area (TPSA) is 90.6 Å². The number of amides is 1. The summed E-state index contributed by atoms with van der Waals surface area (Å²) in [4.78, 5) is 23.7. The Bertz CT molecular complexity index is 533. The van der Waals surface area contributed by atoms with Crippen LogP contribution in [0.1, 0.15) is 18.4 Å². The van der Waals surface area contributed by atoms with Crippen LogP contribution in [0, 0.1) is 11.3 Å². The molecular formula is C13H12N2O4. The smallest absolute Gasteiger partial charge is 0.414 e. The van der Waals surface area contributed by atoms with Crippen molar-refractivity contribution >= 4 is 17.7 Å². The number of carboxylic acid groups (broad SMARTS) is 1. The summed E-state index contributed by atoms with van der Waals surface area (Å²) >= 11 is 0. The zero-order valence-corrected chi connectivity index (χ0v) is 10.1. The van der Waals surface area contributed by atoms with Crippen LogP contribution >= 0.6 is 0 Å². The van der Waals surface area contributed by atoms with Gasteiger partial charge in [-0.05, 0) is 30.7 Å². The molecule has 0 radical (unpaired) electrons. The minimum absolute atomic E-state index is 0.0198. The Kier molecular flexibility index (Phi) is 3.66. The van der Waals surface area contributed by atoms with Crippen LogP contribution in [0.4, 0.5) is 10.5 Å². The van der Waals surface area contributed by atoms with E-state index in [2.05, 4.69) is 0 Å². The second kappa shape index (κ2) is 5.40. The zero-order valence-electron chi connectivity index (χ0n) is 10.1. The summed E-state index contributed by atoms with van der Waals surface area (Å²) in [5.41, 5.74) is 1.11. The lowest BCUT2D eigenvalue weighted by molar-refractivity contribution is -0.137. The van der Waals surface area contributed by atoms with Gasteiger partial charge >= 0.3 is 12.1 Å². The van der Waals surface area contributed by atoms with E-state index in [4.69, 9.17) is 15.1 Å². The number of carboxylic acids is 1. The number of carbonyl (C=O) groups is 2. The van der Waals surface area contributed by atoms with Crippen LogP contribution in [-0.2, 0) is 9.53 Å². The number of aliphatic carboxylic acids is 1. The first-order valence-electron chi connectivity index (χ1n) is 5.80. The van der Waals surface area contributed by atoms with Crippen molar-refractivity contribution in [3.05, 3.63) is 29.8 Å². The molecule has 98 valence electrons. The Morgan fingerprint density at radius 2 is 2.16 bits per heavy atom. The quantitative estimate of drug-likeness (QED) is 0.890. The van der Waals surface area contributed by atoms with Gasteiger partial charge in [0.05, 0.1) is 17.7 Å². The molecule has 1 atom stereocenters. The van der Waals surface area contributed by atoms with Crippen LogP contribution in [0.3, 0.4) is 0 Å². The third kappa shape index (κ3) is 2.83. The highest BCUT2D eigenvalue weighted by Gasteiger charge is 2.34. The molecule has 1 aliphatic rings. The fourth-order valence-corrected chi connectivity index (χ4v) is 1.98. The van der Waals surface area contributed by atoms with Gasteiger partial charge in [0.2, 0.25) is 0 Å². The molecule has 6 nitrogen and oxygen atoms in total.